The van der Waals surface area contributed by atoms with Crippen LogP contribution in [0.25, 0.3) is 0 Å². The lowest BCUT2D eigenvalue weighted by Gasteiger charge is -2.13. The summed E-state index contributed by atoms with van der Waals surface area (Å²) in [5, 5.41) is 5.49. The average molecular weight is 335 g/mol. The smallest absolute Gasteiger partial charge is 0.253 e. The number of nitrogens with one attached hydrogen (secondary N) is 2. The number of rotatable bonds is 11. The van der Waals surface area contributed by atoms with E-state index in [0.29, 0.717) is 50.9 Å². The van der Waals surface area contributed by atoms with Crippen LogP contribution < -0.4 is 10.6 Å². The lowest BCUT2D eigenvalue weighted by Crippen LogP contribution is -2.31. The zero-order valence-electron chi connectivity index (χ0n) is 14.1. The Morgan fingerprint density at radius 1 is 1.00 bits per heavy atom. The molecular weight excluding hydrogens is 310 g/mol. The minimum Gasteiger partial charge on any atom is -0.356 e. The van der Waals surface area contributed by atoms with Gasteiger partial charge in [0.2, 0.25) is 11.8 Å². The molecule has 1 aliphatic heterocycles. The molecule has 132 valence electrons. The standard InChI is InChI=1S/C17H25N3O4/c1-13(2)17(24)19-11-6-10-18-14(21)7-4-3-5-12-20-15(22)8-9-16(20)23/h8-9H,1,3-7,10-12H2,2H3,(H,18,21)(H,19,24). The molecular formula is C17H25N3O4. The summed E-state index contributed by atoms with van der Waals surface area (Å²) in [5.41, 5.74) is 0.465. The van der Waals surface area contributed by atoms with E-state index in [2.05, 4.69) is 17.2 Å². The van der Waals surface area contributed by atoms with Gasteiger partial charge in [-0.2, -0.15) is 0 Å². The largest absolute Gasteiger partial charge is 0.356 e. The summed E-state index contributed by atoms with van der Waals surface area (Å²) in [5.74, 6) is -0.740. The molecule has 1 rings (SSSR count). The third-order valence-corrected chi connectivity index (χ3v) is 3.54. The highest BCUT2D eigenvalue weighted by Crippen LogP contribution is 2.07. The number of hydrogen-bond acceptors (Lipinski definition) is 4. The average Bonchev–Trinajstić information content (AvgIpc) is 2.85. The molecule has 1 aliphatic rings. The Hall–Kier alpha value is -2.44. The van der Waals surface area contributed by atoms with E-state index in [1.54, 1.807) is 6.92 Å². The van der Waals surface area contributed by atoms with Crippen molar-refractivity contribution >= 4 is 23.6 Å². The molecule has 0 saturated carbocycles. The monoisotopic (exact) mass is 335 g/mol. The molecule has 7 heteroatoms. The zero-order chi connectivity index (χ0) is 17.9. The fourth-order valence-electron chi connectivity index (χ4n) is 2.14. The minimum atomic E-state index is -0.267. The summed E-state index contributed by atoms with van der Waals surface area (Å²) in [6.45, 7) is 6.59. The molecule has 0 radical (unpaired) electrons. The Bertz CT molecular complexity index is 522. The maximum Gasteiger partial charge on any atom is 0.253 e. The lowest BCUT2D eigenvalue weighted by atomic mass is 10.2. The molecule has 0 unspecified atom stereocenters. The number of carbonyl (C=O) groups excluding carboxylic acids is 4. The van der Waals surface area contributed by atoms with Gasteiger partial charge in [0, 0.05) is 43.8 Å². The van der Waals surface area contributed by atoms with Gasteiger partial charge in [-0.15, -0.1) is 0 Å². The van der Waals surface area contributed by atoms with Gasteiger partial charge in [-0.25, -0.2) is 0 Å². The van der Waals surface area contributed by atoms with Crippen molar-refractivity contribution in [2.75, 3.05) is 19.6 Å². The molecule has 0 aromatic carbocycles. The first-order valence-corrected chi connectivity index (χ1v) is 8.15. The molecule has 0 aliphatic carbocycles. The van der Waals surface area contributed by atoms with Gasteiger partial charge in [-0.05, 0) is 26.2 Å². The van der Waals surface area contributed by atoms with Crippen LogP contribution in [-0.4, -0.2) is 48.2 Å². The van der Waals surface area contributed by atoms with Gasteiger partial charge in [0.15, 0.2) is 0 Å². The van der Waals surface area contributed by atoms with Crippen molar-refractivity contribution in [3.05, 3.63) is 24.3 Å². The van der Waals surface area contributed by atoms with E-state index in [-0.39, 0.29) is 23.6 Å². The SMILES string of the molecule is C=C(C)C(=O)NCCCNC(=O)CCCCCN1C(=O)C=CC1=O. The van der Waals surface area contributed by atoms with Crippen molar-refractivity contribution in [2.24, 2.45) is 0 Å². The first kappa shape index (κ1) is 19.6. The van der Waals surface area contributed by atoms with Crippen LogP contribution in [0.15, 0.2) is 24.3 Å². The molecule has 0 aromatic rings. The maximum absolute atomic E-state index is 11.6. The summed E-state index contributed by atoms with van der Waals surface area (Å²) < 4.78 is 0. The first-order valence-electron chi connectivity index (χ1n) is 8.15. The molecule has 24 heavy (non-hydrogen) atoms. The van der Waals surface area contributed by atoms with E-state index < -0.39 is 0 Å². The van der Waals surface area contributed by atoms with Crippen LogP contribution in [0.1, 0.15) is 39.0 Å². The molecule has 1 heterocycles. The van der Waals surface area contributed by atoms with Crippen LogP contribution in [-0.2, 0) is 19.2 Å². The van der Waals surface area contributed by atoms with Crippen LogP contribution in [0.4, 0.5) is 0 Å². The van der Waals surface area contributed by atoms with E-state index in [1.807, 2.05) is 0 Å². The van der Waals surface area contributed by atoms with Crippen LogP contribution in [0, 0.1) is 0 Å². The van der Waals surface area contributed by atoms with Crippen molar-refractivity contribution in [3.8, 4) is 0 Å². The van der Waals surface area contributed by atoms with Crippen molar-refractivity contribution < 1.29 is 19.2 Å². The summed E-state index contributed by atoms with van der Waals surface area (Å²) in [7, 11) is 0. The Morgan fingerprint density at radius 3 is 2.25 bits per heavy atom. The van der Waals surface area contributed by atoms with Crippen LogP contribution in [0.5, 0.6) is 0 Å². The second kappa shape index (κ2) is 10.4. The van der Waals surface area contributed by atoms with Crippen molar-refractivity contribution in [1.29, 1.82) is 0 Å². The fourth-order valence-corrected chi connectivity index (χ4v) is 2.14. The molecule has 0 aromatic heterocycles. The predicted molar refractivity (Wildman–Crippen MR) is 89.8 cm³/mol. The predicted octanol–water partition coefficient (Wildman–Crippen LogP) is 0.670. The second-order valence-electron chi connectivity index (χ2n) is 5.71. The van der Waals surface area contributed by atoms with E-state index >= 15 is 0 Å². The Balaban J connectivity index is 1.97. The number of carbonyl (C=O) groups is 4. The maximum atomic E-state index is 11.6. The number of hydrogen-bond donors (Lipinski definition) is 2. The number of unbranched alkanes of at least 4 members (excludes halogenated alkanes) is 2. The van der Waals surface area contributed by atoms with Gasteiger partial charge >= 0.3 is 0 Å². The van der Waals surface area contributed by atoms with Gasteiger partial charge in [-0.1, -0.05) is 13.0 Å². The zero-order valence-corrected chi connectivity index (χ0v) is 14.1. The third-order valence-electron chi connectivity index (χ3n) is 3.54. The number of nitrogens with zero attached hydrogens (tertiary/aromatic N) is 1. The number of amides is 4. The molecule has 0 saturated heterocycles. The van der Waals surface area contributed by atoms with Gasteiger partial charge in [0.05, 0.1) is 0 Å². The fraction of sp³-hybridized carbons (Fsp3) is 0.529. The molecule has 0 atom stereocenters. The van der Waals surface area contributed by atoms with Gasteiger partial charge in [0.25, 0.3) is 11.8 Å². The van der Waals surface area contributed by atoms with E-state index in [0.717, 1.165) is 6.42 Å². The summed E-state index contributed by atoms with van der Waals surface area (Å²) in [6.07, 6.45) is 5.80. The van der Waals surface area contributed by atoms with Crippen molar-refractivity contribution in [2.45, 2.75) is 39.0 Å². The van der Waals surface area contributed by atoms with Crippen LogP contribution >= 0.6 is 0 Å². The van der Waals surface area contributed by atoms with Crippen molar-refractivity contribution in [1.82, 2.24) is 15.5 Å². The highest BCUT2D eigenvalue weighted by molar-refractivity contribution is 6.12. The lowest BCUT2D eigenvalue weighted by molar-refractivity contribution is -0.137. The molecule has 0 fully saturated rings. The topological polar surface area (TPSA) is 95.6 Å². The Kier molecular flexibility index (Phi) is 8.46. The highest BCUT2D eigenvalue weighted by atomic mass is 16.2. The van der Waals surface area contributed by atoms with E-state index in [9.17, 15) is 19.2 Å². The van der Waals surface area contributed by atoms with Crippen molar-refractivity contribution in [3.63, 3.8) is 0 Å². The van der Waals surface area contributed by atoms with E-state index in [4.69, 9.17) is 0 Å². The first-order chi connectivity index (χ1) is 11.4. The molecule has 0 bridgehead atoms. The summed E-state index contributed by atoms with van der Waals surface area (Å²) in [6, 6.07) is 0. The Labute approximate surface area is 142 Å². The molecule has 0 spiro atoms. The normalized spacial score (nSPS) is 13.3. The van der Waals surface area contributed by atoms with E-state index in [1.165, 1.54) is 17.1 Å². The van der Waals surface area contributed by atoms with Gasteiger partial charge in [-0.3, -0.25) is 24.1 Å². The minimum absolute atomic E-state index is 0.0313. The molecule has 2 N–H and O–H groups in total. The van der Waals surface area contributed by atoms with Crippen LogP contribution in [0.3, 0.4) is 0 Å². The second-order valence-corrected chi connectivity index (χ2v) is 5.71. The highest BCUT2D eigenvalue weighted by Gasteiger charge is 2.22. The quantitative estimate of drug-likeness (QED) is 0.329. The summed E-state index contributed by atoms with van der Waals surface area (Å²) in [4.78, 5) is 46.7. The third kappa shape index (κ3) is 7.21. The molecule has 7 nitrogen and oxygen atoms in total. The Morgan fingerprint density at radius 2 is 1.62 bits per heavy atom. The van der Waals surface area contributed by atoms with Crippen LogP contribution in [0.2, 0.25) is 0 Å². The van der Waals surface area contributed by atoms with Gasteiger partial charge < -0.3 is 10.6 Å². The number of imide groups is 1. The van der Waals surface area contributed by atoms with Gasteiger partial charge in [0.1, 0.15) is 0 Å². The molecule has 4 amide bonds. The summed E-state index contributed by atoms with van der Waals surface area (Å²) >= 11 is 0.